The molecule has 0 saturated heterocycles. The summed E-state index contributed by atoms with van der Waals surface area (Å²) in [6.07, 6.45) is 0. The van der Waals surface area contributed by atoms with Gasteiger partial charge in [0.25, 0.3) is 0 Å². The Morgan fingerprint density at radius 1 is 1.24 bits per heavy atom. The summed E-state index contributed by atoms with van der Waals surface area (Å²) in [6.45, 7) is 7.29. The second-order valence-electron chi connectivity index (χ2n) is 5.55. The molecule has 1 amide bonds. The number of nitrogens with zero attached hydrogens (tertiary/aromatic N) is 1. The molecule has 0 unspecified atom stereocenters. The molecule has 0 bridgehead atoms. The number of hydrogen-bond acceptors (Lipinski definition) is 2. The Kier molecular flexibility index (Phi) is 2.86. The number of amides is 1. The molecule has 17 heavy (non-hydrogen) atoms. The highest BCUT2D eigenvalue weighted by Gasteiger charge is 2.31. The Labute approximate surface area is 102 Å². The van der Waals surface area contributed by atoms with E-state index in [1.807, 2.05) is 43.9 Å². The van der Waals surface area contributed by atoms with Crippen LogP contribution in [-0.4, -0.2) is 17.9 Å². The van der Waals surface area contributed by atoms with Crippen molar-refractivity contribution in [2.75, 3.05) is 7.11 Å². The summed E-state index contributed by atoms with van der Waals surface area (Å²) in [4.78, 5) is 14.1. The fraction of sp³-hybridized carbons (Fsp3) is 0.500. The molecule has 0 fully saturated rings. The van der Waals surface area contributed by atoms with Gasteiger partial charge in [0, 0.05) is 18.5 Å². The van der Waals surface area contributed by atoms with E-state index in [9.17, 15) is 4.79 Å². The highest BCUT2D eigenvalue weighted by Crippen LogP contribution is 2.29. The monoisotopic (exact) mass is 233 g/mol. The lowest BCUT2D eigenvalue weighted by molar-refractivity contribution is -0.140. The Morgan fingerprint density at radius 3 is 2.47 bits per heavy atom. The molecule has 0 N–H and O–H groups in total. The van der Waals surface area contributed by atoms with E-state index < -0.39 is 0 Å². The second kappa shape index (κ2) is 4.06. The predicted octanol–water partition coefficient (Wildman–Crippen LogP) is 2.58. The van der Waals surface area contributed by atoms with E-state index in [1.165, 1.54) is 11.1 Å². The van der Waals surface area contributed by atoms with E-state index in [0.29, 0.717) is 6.54 Å². The summed E-state index contributed by atoms with van der Waals surface area (Å²) in [7, 11) is 1.66. The number of methoxy groups -OCH3 is 1. The van der Waals surface area contributed by atoms with E-state index in [4.69, 9.17) is 4.74 Å². The van der Waals surface area contributed by atoms with Gasteiger partial charge < -0.3 is 9.64 Å². The summed E-state index contributed by atoms with van der Waals surface area (Å²) < 4.78 is 5.20. The van der Waals surface area contributed by atoms with Gasteiger partial charge in [0.15, 0.2) is 0 Å². The van der Waals surface area contributed by atoms with Crippen molar-refractivity contribution in [3.8, 4) is 5.75 Å². The van der Waals surface area contributed by atoms with Crippen LogP contribution in [0.1, 0.15) is 31.9 Å². The third-order valence-corrected chi connectivity index (χ3v) is 3.06. The molecule has 1 aromatic rings. The zero-order valence-corrected chi connectivity index (χ0v) is 10.9. The first kappa shape index (κ1) is 12.0. The van der Waals surface area contributed by atoms with Gasteiger partial charge >= 0.3 is 0 Å². The van der Waals surface area contributed by atoms with Crippen LogP contribution in [0, 0.1) is 5.41 Å². The summed E-state index contributed by atoms with van der Waals surface area (Å²) in [6, 6.07) is 6.01. The van der Waals surface area contributed by atoms with Crippen molar-refractivity contribution in [3.63, 3.8) is 0 Å². The summed E-state index contributed by atoms with van der Waals surface area (Å²) in [5, 5.41) is 0. The zero-order valence-electron chi connectivity index (χ0n) is 10.9. The van der Waals surface area contributed by atoms with Crippen LogP contribution in [0.15, 0.2) is 18.2 Å². The number of hydrogen-bond donors (Lipinski definition) is 0. The summed E-state index contributed by atoms with van der Waals surface area (Å²) >= 11 is 0. The van der Waals surface area contributed by atoms with E-state index in [-0.39, 0.29) is 11.3 Å². The number of fused-ring (bicyclic) bond motifs is 1. The van der Waals surface area contributed by atoms with E-state index in [1.54, 1.807) is 7.11 Å². The minimum atomic E-state index is -0.313. The second-order valence-corrected chi connectivity index (χ2v) is 5.55. The number of carbonyl (C=O) groups is 1. The SMILES string of the molecule is COc1ccc2c(c1)CN(C(=O)C(C)(C)C)C2. The Balaban J connectivity index is 2.19. The zero-order chi connectivity index (χ0) is 12.6. The fourth-order valence-corrected chi connectivity index (χ4v) is 2.12. The van der Waals surface area contributed by atoms with Crippen LogP contribution < -0.4 is 4.74 Å². The molecule has 0 aromatic heterocycles. The normalized spacial score (nSPS) is 14.7. The number of carbonyl (C=O) groups excluding carboxylic acids is 1. The number of rotatable bonds is 1. The average Bonchev–Trinajstić information content (AvgIpc) is 2.68. The molecule has 1 heterocycles. The van der Waals surface area contributed by atoms with Crippen molar-refractivity contribution in [3.05, 3.63) is 29.3 Å². The summed E-state index contributed by atoms with van der Waals surface area (Å²) in [5.41, 5.74) is 2.11. The highest BCUT2D eigenvalue weighted by atomic mass is 16.5. The van der Waals surface area contributed by atoms with Gasteiger partial charge in [-0.1, -0.05) is 26.8 Å². The van der Waals surface area contributed by atoms with Gasteiger partial charge in [-0.2, -0.15) is 0 Å². The van der Waals surface area contributed by atoms with Gasteiger partial charge in [0.05, 0.1) is 7.11 Å². The first-order valence-corrected chi connectivity index (χ1v) is 5.87. The summed E-state index contributed by atoms with van der Waals surface area (Å²) in [5.74, 6) is 1.06. The van der Waals surface area contributed by atoms with E-state index in [2.05, 4.69) is 0 Å². The van der Waals surface area contributed by atoms with Crippen LogP contribution in [0.3, 0.4) is 0 Å². The first-order valence-electron chi connectivity index (χ1n) is 5.87. The molecule has 0 spiro atoms. The van der Waals surface area contributed by atoms with Crippen molar-refractivity contribution < 1.29 is 9.53 Å². The molecule has 3 heteroatoms. The van der Waals surface area contributed by atoms with Crippen LogP contribution in [0.4, 0.5) is 0 Å². The molecule has 0 aliphatic carbocycles. The molecular weight excluding hydrogens is 214 g/mol. The van der Waals surface area contributed by atoms with Crippen molar-refractivity contribution in [1.82, 2.24) is 4.90 Å². The van der Waals surface area contributed by atoms with Crippen LogP contribution >= 0.6 is 0 Å². The van der Waals surface area contributed by atoms with Crippen molar-refractivity contribution in [2.45, 2.75) is 33.9 Å². The molecule has 0 radical (unpaired) electrons. The van der Waals surface area contributed by atoms with Crippen molar-refractivity contribution in [2.24, 2.45) is 5.41 Å². The predicted molar refractivity (Wildman–Crippen MR) is 66.7 cm³/mol. The van der Waals surface area contributed by atoms with Crippen LogP contribution in [0.5, 0.6) is 5.75 Å². The van der Waals surface area contributed by atoms with Gasteiger partial charge in [0.1, 0.15) is 5.75 Å². The van der Waals surface area contributed by atoms with Crippen LogP contribution in [0.25, 0.3) is 0 Å². The minimum Gasteiger partial charge on any atom is -0.497 e. The molecule has 0 saturated carbocycles. The molecule has 1 aromatic carbocycles. The number of ether oxygens (including phenoxy) is 1. The maximum absolute atomic E-state index is 12.2. The first-order chi connectivity index (χ1) is 7.91. The highest BCUT2D eigenvalue weighted by molar-refractivity contribution is 5.82. The Hall–Kier alpha value is -1.51. The van der Waals surface area contributed by atoms with Crippen molar-refractivity contribution in [1.29, 1.82) is 0 Å². The van der Waals surface area contributed by atoms with Gasteiger partial charge in [-0.3, -0.25) is 4.79 Å². The molecule has 1 aliphatic heterocycles. The van der Waals surface area contributed by atoms with Gasteiger partial charge in [-0.25, -0.2) is 0 Å². The smallest absolute Gasteiger partial charge is 0.228 e. The van der Waals surface area contributed by atoms with Gasteiger partial charge in [-0.15, -0.1) is 0 Å². The lowest BCUT2D eigenvalue weighted by Crippen LogP contribution is -2.35. The average molecular weight is 233 g/mol. The van der Waals surface area contributed by atoms with Crippen LogP contribution in [-0.2, 0) is 17.9 Å². The number of benzene rings is 1. The Morgan fingerprint density at radius 2 is 1.88 bits per heavy atom. The fourth-order valence-electron chi connectivity index (χ4n) is 2.12. The lowest BCUT2D eigenvalue weighted by Gasteiger charge is -2.25. The molecule has 2 rings (SSSR count). The topological polar surface area (TPSA) is 29.5 Å². The van der Waals surface area contributed by atoms with E-state index >= 15 is 0 Å². The van der Waals surface area contributed by atoms with Gasteiger partial charge in [0.2, 0.25) is 5.91 Å². The van der Waals surface area contributed by atoms with E-state index in [0.717, 1.165) is 12.3 Å². The maximum Gasteiger partial charge on any atom is 0.228 e. The molecule has 1 aliphatic rings. The molecular formula is C14H19NO2. The van der Waals surface area contributed by atoms with Gasteiger partial charge in [-0.05, 0) is 23.3 Å². The largest absolute Gasteiger partial charge is 0.497 e. The minimum absolute atomic E-state index is 0.202. The molecule has 3 nitrogen and oxygen atoms in total. The third-order valence-electron chi connectivity index (χ3n) is 3.06. The van der Waals surface area contributed by atoms with Crippen molar-refractivity contribution >= 4 is 5.91 Å². The Bertz CT molecular complexity index is 446. The maximum atomic E-state index is 12.2. The molecule has 0 atom stereocenters. The lowest BCUT2D eigenvalue weighted by atomic mass is 9.95. The van der Waals surface area contributed by atoms with Crippen LogP contribution in [0.2, 0.25) is 0 Å². The third kappa shape index (κ3) is 2.28. The molecule has 92 valence electrons. The quantitative estimate of drug-likeness (QED) is 0.746. The standard InChI is InChI=1S/C14H19NO2/c1-14(2,3)13(16)15-8-10-5-6-12(17-4)7-11(10)9-15/h5-7H,8-9H2,1-4H3.